The summed E-state index contributed by atoms with van der Waals surface area (Å²) in [6.07, 6.45) is 1.40. The van der Waals surface area contributed by atoms with Crippen LogP contribution in [0.5, 0.6) is 0 Å². The number of hydrogen-bond acceptors (Lipinski definition) is 5. The van der Waals surface area contributed by atoms with Crippen LogP contribution >= 0.6 is 11.6 Å². The first-order valence-electron chi connectivity index (χ1n) is 7.68. The average molecular weight is 400 g/mol. The van der Waals surface area contributed by atoms with E-state index in [4.69, 9.17) is 16.0 Å². The molecule has 8 nitrogen and oxygen atoms in total. The van der Waals surface area contributed by atoms with Crippen molar-refractivity contribution in [3.05, 3.63) is 53.4 Å². The summed E-state index contributed by atoms with van der Waals surface area (Å²) in [5.74, 6) is -0.227. The van der Waals surface area contributed by atoms with Gasteiger partial charge in [0.2, 0.25) is 21.8 Å². The monoisotopic (exact) mass is 399 g/mol. The standard InChI is InChI=1S/C16H18ClN3O5S/c17-12-3-5-14(6-4-12)26(23,24)20-8-7-15(21)19-11-16(22)18-10-13-2-1-9-25-13/h1-6,9,20H,7-8,10-11H2,(H,18,22)(H,19,21). The number of hydrogen-bond donors (Lipinski definition) is 3. The van der Waals surface area contributed by atoms with Crippen molar-refractivity contribution in [2.45, 2.75) is 17.9 Å². The number of nitrogens with one attached hydrogen (secondary N) is 3. The highest BCUT2D eigenvalue weighted by Crippen LogP contribution is 2.13. The van der Waals surface area contributed by atoms with E-state index in [1.54, 1.807) is 12.1 Å². The quantitative estimate of drug-likeness (QED) is 0.582. The number of carbonyl (C=O) groups is 2. The lowest BCUT2D eigenvalue weighted by molar-refractivity contribution is -0.126. The molecule has 0 atom stereocenters. The summed E-state index contributed by atoms with van der Waals surface area (Å²) in [4.78, 5) is 23.3. The smallest absolute Gasteiger partial charge is 0.240 e. The van der Waals surface area contributed by atoms with Gasteiger partial charge in [-0.05, 0) is 36.4 Å². The van der Waals surface area contributed by atoms with Crippen molar-refractivity contribution < 1.29 is 22.4 Å². The molecule has 2 aromatic rings. The molecule has 0 aliphatic heterocycles. The summed E-state index contributed by atoms with van der Waals surface area (Å²) in [7, 11) is -3.72. The van der Waals surface area contributed by atoms with E-state index < -0.39 is 15.9 Å². The molecule has 0 aliphatic carbocycles. The molecule has 0 unspecified atom stereocenters. The fourth-order valence-corrected chi connectivity index (χ4v) is 3.08. The van der Waals surface area contributed by atoms with Crippen molar-refractivity contribution in [2.24, 2.45) is 0 Å². The van der Waals surface area contributed by atoms with Crippen molar-refractivity contribution in [3.63, 3.8) is 0 Å². The molecule has 1 heterocycles. The predicted octanol–water partition coefficient (Wildman–Crippen LogP) is 1.03. The van der Waals surface area contributed by atoms with Gasteiger partial charge >= 0.3 is 0 Å². The first kappa shape index (κ1) is 20.0. The van der Waals surface area contributed by atoms with Crippen LogP contribution < -0.4 is 15.4 Å². The van der Waals surface area contributed by atoms with Crippen LogP contribution in [0.3, 0.4) is 0 Å². The summed E-state index contributed by atoms with van der Waals surface area (Å²) in [5.41, 5.74) is 0. The number of sulfonamides is 1. The summed E-state index contributed by atoms with van der Waals surface area (Å²) >= 11 is 5.71. The minimum Gasteiger partial charge on any atom is -0.467 e. The molecule has 140 valence electrons. The maximum Gasteiger partial charge on any atom is 0.240 e. The minimum absolute atomic E-state index is 0.0552. The number of benzene rings is 1. The first-order chi connectivity index (χ1) is 12.4. The lowest BCUT2D eigenvalue weighted by atomic mass is 10.4. The third-order valence-corrected chi connectivity index (χ3v) is 4.98. The summed E-state index contributed by atoms with van der Waals surface area (Å²) in [6.45, 7) is -0.0725. The third kappa shape index (κ3) is 6.51. The zero-order valence-corrected chi connectivity index (χ0v) is 15.3. The van der Waals surface area contributed by atoms with Crippen LogP contribution in [0.25, 0.3) is 0 Å². The van der Waals surface area contributed by atoms with Crippen molar-refractivity contribution >= 4 is 33.4 Å². The van der Waals surface area contributed by atoms with Gasteiger partial charge in [-0.15, -0.1) is 0 Å². The summed E-state index contributed by atoms with van der Waals surface area (Å²) < 4.78 is 31.4. The molecule has 10 heteroatoms. The topological polar surface area (TPSA) is 118 Å². The number of amides is 2. The average Bonchev–Trinajstić information content (AvgIpc) is 3.12. The lowest BCUT2D eigenvalue weighted by Gasteiger charge is -2.08. The molecule has 2 amide bonds. The molecule has 0 fully saturated rings. The van der Waals surface area contributed by atoms with Gasteiger partial charge in [0.25, 0.3) is 0 Å². The van der Waals surface area contributed by atoms with E-state index in [-0.39, 0.29) is 36.9 Å². The van der Waals surface area contributed by atoms with E-state index in [1.165, 1.54) is 30.5 Å². The van der Waals surface area contributed by atoms with Gasteiger partial charge < -0.3 is 15.1 Å². The van der Waals surface area contributed by atoms with Crippen LogP contribution in [0, 0.1) is 0 Å². The Balaban J connectivity index is 1.66. The Morgan fingerprint density at radius 2 is 1.77 bits per heavy atom. The highest BCUT2D eigenvalue weighted by molar-refractivity contribution is 7.89. The van der Waals surface area contributed by atoms with Gasteiger partial charge in [-0.3, -0.25) is 9.59 Å². The second-order valence-electron chi connectivity index (χ2n) is 5.23. The predicted molar refractivity (Wildman–Crippen MR) is 94.8 cm³/mol. The van der Waals surface area contributed by atoms with Crippen molar-refractivity contribution in [1.82, 2.24) is 15.4 Å². The molecular weight excluding hydrogens is 382 g/mol. The van der Waals surface area contributed by atoms with Crippen molar-refractivity contribution in [1.29, 1.82) is 0 Å². The van der Waals surface area contributed by atoms with Gasteiger partial charge in [-0.2, -0.15) is 0 Å². The highest BCUT2D eigenvalue weighted by Gasteiger charge is 2.14. The third-order valence-electron chi connectivity index (χ3n) is 3.25. The van der Waals surface area contributed by atoms with Gasteiger partial charge in [0.1, 0.15) is 5.76 Å². The molecule has 0 aliphatic rings. The van der Waals surface area contributed by atoms with Crippen molar-refractivity contribution in [3.8, 4) is 0 Å². The SMILES string of the molecule is O=C(CCNS(=O)(=O)c1ccc(Cl)cc1)NCC(=O)NCc1ccco1. The molecule has 26 heavy (non-hydrogen) atoms. The van der Waals surface area contributed by atoms with Gasteiger partial charge in [0, 0.05) is 18.0 Å². The minimum atomic E-state index is -3.72. The summed E-state index contributed by atoms with van der Waals surface area (Å²) in [6, 6.07) is 9.08. The number of rotatable bonds is 9. The number of furan rings is 1. The molecule has 1 aromatic heterocycles. The maximum atomic E-state index is 12.0. The molecule has 0 saturated heterocycles. The largest absolute Gasteiger partial charge is 0.467 e. The molecular formula is C16H18ClN3O5S. The molecule has 0 bridgehead atoms. The summed E-state index contributed by atoms with van der Waals surface area (Å²) in [5, 5.41) is 5.41. The second kappa shape index (κ2) is 9.37. The van der Waals surface area contributed by atoms with Gasteiger partial charge in [-0.25, -0.2) is 13.1 Å². The van der Waals surface area contributed by atoms with Gasteiger partial charge in [-0.1, -0.05) is 11.6 Å². The van der Waals surface area contributed by atoms with Crippen LogP contribution in [-0.2, 0) is 26.2 Å². The Morgan fingerprint density at radius 3 is 2.42 bits per heavy atom. The Labute approximate surface area is 156 Å². The lowest BCUT2D eigenvalue weighted by Crippen LogP contribution is -2.38. The fourth-order valence-electron chi connectivity index (χ4n) is 1.92. The second-order valence-corrected chi connectivity index (χ2v) is 7.44. The number of carbonyl (C=O) groups excluding carboxylic acids is 2. The Kier molecular flexibility index (Phi) is 7.19. The molecule has 0 saturated carbocycles. The van der Waals surface area contributed by atoms with Gasteiger partial charge in [0.05, 0.1) is 24.2 Å². The van der Waals surface area contributed by atoms with Crippen LogP contribution in [0.15, 0.2) is 52.0 Å². The Hall–Kier alpha value is -2.36. The van der Waals surface area contributed by atoms with E-state index in [9.17, 15) is 18.0 Å². The Bertz CT molecular complexity index is 835. The molecule has 1 aromatic carbocycles. The molecule has 0 radical (unpaired) electrons. The molecule has 2 rings (SSSR count). The van der Waals surface area contributed by atoms with Crippen LogP contribution in [0.1, 0.15) is 12.2 Å². The normalized spacial score (nSPS) is 11.1. The highest BCUT2D eigenvalue weighted by atomic mass is 35.5. The molecule has 0 spiro atoms. The fraction of sp³-hybridized carbons (Fsp3) is 0.250. The van der Waals surface area contributed by atoms with Crippen molar-refractivity contribution in [2.75, 3.05) is 13.1 Å². The van der Waals surface area contributed by atoms with E-state index in [0.29, 0.717) is 10.8 Å². The van der Waals surface area contributed by atoms with E-state index in [1.807, 2.05) is 0 Å². The van der Waals surface area contributed by atoms with E-state index in [0.717, 1.165) is 0 Å². The zero-order chi connectivity index (χ0) is 19.0. The number of halogens is 1. The van der Waals surface area contributed by atoms with Crippen LogP contribution in [0.2, 0.25) is 5.02 Å². The zero-order valence-electron chi connectivity index (χ0n) is 13.7. The Morgan fingerprint density at radius 1 is 1.04 bits per heavy atom. The maximum absolute atomic E-state index is 12.0. The molecule has 3 N–H and O–H groups in total. The first-order valence-corrected chi connectivity index (χ1v) is 9.54. The van der Waals surface area contributed by atoms with E-state index >= 15 is 0 Å². The van der Waals surface area contributed by atoms with Gasteiger partial charge in [0.15, 0.2) is 0 Å². The van der Waals surface area contributed by atoms with E-state index in [2.05, 4.69) is 15.4 Å². The van der Waals surface area contributed by atoms with Crippen LogP contribution in [-0.4, -0.2) is 33.3 Å². The van der Waals surface area contributed by atoms with Crippen LogP contribution in [0.4, 0.5) is 0 Å².